The normalized spacial score (nSPS) is 32.8. The molecule has 0 radical (unpaired) electrons. The molecule has 23 heteroatoms. The molecule has 5 unspecified atom stereocenters. The molecule has 14 nitrogen and oxygen atoms in total. The van der Waals surface area contributed by atoms with Crippen LogP contribution in [-0.2, 0) is 65.3 Å². The number of halogens is 6. The van der Waals surface area contributed by atoms with Gasteiger partial charge in [-0.05, 0) is 73.9 Å². The Morgan fingerprint density at radius 1 is 0.398 bits per heavy atom. The Bertz CT molecular complexity index is 2450. The first kappa shape index (κ1) is 87.2. The molecule has 563 valence electrons. The second-order valence-corrected chi connectivity index (χ2v) is 34.2. The number of hydrogen-bond donors (Lipinski definition) is 4. The summed E-state index contributed by atoms with van der Waals surface area (Å²) in [6.07, 6.45) is 40.3. The van der Waals surface area contributed by atoms with E-state index in [0.717, 1.165) is 70.9 Å². The van der Waals surface area contributed by atoms with Crippen molar-refractivity contribution >= 4 is 60.6 Å². The van der Waals surface area contributed by atoms with Gasteiger partial charge in [-0.3, -0.25) is 15.0 Å². The maximum Gasteiger partial charge on any atom is 0.0545 e. The average molecular weight is 1600 g/mol. The van der Waals surface area contributed by atoms with Gasteiger partial charge in [0.1, 0.15) is 0 Å². The second kappa shape index (κ2) is 49.3. The molecule has 3 aromatic rings. The molecule has 8 aliphatic carbocycles. The fourth-order valence-corrected chi connectivity index (χ4v) is 17.3. The number of aryl methyl sites for hydroxylation is 2. The standard InChI is InChI=1S/C27H39N5.C24H36N4.C21H35N5.3CH4.6ClH.3Mn/c1-3-11-22-20(9-1)28-15-16-29-21-10-2-4-12-23(21)31-25-14-6-8-19-17-18-7-5-13-24(30-22)26(18)32-27(19)25;1-17-16-19-8-3-4-9-22(19)25-14-15-26-23-10-5-6-11-24(23)27-18(2)21-13-7-12-20(17)28-21;1-3-10-20-18(8-1)22-12-13-23-19-9-2-4-11-21(19)25-15-17-7-5-6-16(26-17)14-24-20;;;;;;;;;;;;/h17,20-25H,1-16H2;7,12-13,16-19,22-24H,3-6,8-11,14-15H2,1-2H3;5-7,18-25H,1-4,8-15H2;3*1H4;6*1H;;;/q2*-4;;;;;;;;;;;3*+2/p-6/t20-,21?,22-,23-,24?,25?;17-,18+,19+,22-,23-,24-;18?,19?,20-,21-;;;;;;;;;;;;/m111............/s1. The van der Waals surface area contributed by atoms with Crippen LogP contribution in [0.1, 0.15) is 285 Å². The van der Waals surface area contributed by atoms with Gasteiger partial charge >= 0.3 is 100.0 Å². The first-order valence-electron chi connectivity index (χ1n) is 36.8. The summed E-state index contributed by atoms with van der Waals surface area (Å²) in [6, 6.07) is 21.2. The predicted molar refractivity (Wildman–Crippen MR) is 409 cm³/mol. The summed E-state index contributed by atoms with van der Waals surface area (Å²) in [4.78, 5) is 15.3. The van der Waals surface area contributed by atoms with Crippen molar-refractivity contribution in [1.82, 2.24) is 36.2 Å². The van der Waals surface area contributed by atoms with Crippen molar-refractivity contribution in [2.75, 3.05) is 39.3 Å². The molecular weight excluding hydrogens is 1470 g/mol. The molecule has 6 bridgehead atoms. The van der Waals surface area contributed by atoms with Gasteiger partial charge in [-0.15, -0.1) is 5.92 Å². The molecule has 0 aromatic carbocycles. The number of hydrogen-bond acceptors (Lipinski definition) is 7. The van der Waals surface area contributed by atoms with Crippen molar-refractivity contribution in [3.63, 3.8) is 0 Å². The van der Waals surface area contributed by atoms with Crippen LogP contribution in [0, 0.1) is 12.3 Å². The van der Waals surface area contributed by atoms with E-state index >= 15 is 0 Å². The molecule has 6 fully saturated rings. The van der Waals surface area contributed by atoms with Crippen LogP contribution in [0.25, 0.3) is 37.2 Å². The number of nitrogens with zero attached hydrogens (tertiary/aromatic N) is 10. The zero-order chi connectivity index (χ0) is 66.4. The molecular formula is C75H122Cl6Mn3N14-8. The van der Waals surface area contributed by atoms with Crippen LogP contribution >= 0.6 is 60.6 Å². The molecule has 0 spiro atoms. The Balaban J connectivity index is 0.000000216. The van der Waals surface area contributed by atoms with E-state index in [1.54, 1.807) is 0 Å². The number of pyridine rings is 3. The van der Waals surface area contributed by atoms with Gasteiger partial charge in [0.25, 0.3) is 0 Å². The van der Waals surface area contributed by atoms with Crippen LogP contribution in [0.4, 0.5) is 0 Å². The summed E-state index contributed by atoms with van der Waals surface area (Å²) in [5.74, 6) is 0.953. The predicted octanol–water partition coefficient (Wildman–Crippen LogP) is 21.5. The van der Waals surface area contributed by atoms with E-state index in [1.165, 1.54) is 219 Å². The van der Waals surface area contributed by atoms with Gasteiger partial charge in [0.15, 0.2) is 0 Å². The summed E-state index contributed by atoms with van der Waals surface area (Å²) in [5, 5.41) is 51.8. The first-order valence-corrected chi connectivity index (χ1v) is 46.5. The van der Waals surface area contributed by atoms with Crippen molar-refractivity contribution < 1.29 is 39.4 Å². The fraction of sp³-hybridized carbons (Fsp3) is 0.787. The quantitative estimate of drug-likeness (QED) is 0.127. The van der Waals surface area contributed by atoms with Gasteiger partial charge < -0.3 is 64.9 Å². The maximum absolute atomic E-state index is 5.47. The van der Waals surface area contributed by atoms with E-state index < -0.39 is 0 Å². The van der Waals surface area contributed by atoms with Crippen LogP contribution in [0.15, 0.2) is 42.5 Å². The largest absolute Gasteiger partial charge is 0.662 e. The van der Waals surface area contributed by atoms with E-state index in [0.29, 0.717) is 78.3 Å². The summed E-state index contributed by atoms with van der Waals surface area (Å²) in [7, 11) is 28.8. The van der Waals surface area contributed by atoms with Crippen LogP contribution in [0.2, 0.25) is 0 Å². The van der Waals surface area contributed by atoms with E-state index in [-0.39, 0.29) is 79.8 Å². The molecule has 4 N–H and O–H groups in total. The monoisotopic (exact) mass is 1590 g/mol. The van der Waals surface area contributed by atoms with E-state index in [4.69, 9.17) is 113 Å². The van der Waals surface area contributed by atoms with Crippen LogP contribution in [0.3, 0.4) is 0 Å². The molecule has 11 aliphatic rings. The van der Waals surface area contributed by atoms with Crippen LogP contribution in [0.5, 0.6) is 0 Å². The Kier molecular flexibility index (Phi) is 43.9. The van der Waals surface area contributed by atoms with Gasteiger partial charge in [0.05, 0.1) is 11.4 Å². The molecule has 98 heavy (non-hydrogen) atoms. The van der Waals surface area contributed by atoms with Gasteiger partial charge in [0, 0.05) is 73.1 Å². The van der Waals surface area contributed by atoms with Crippen LogP contribution < -0.4 is 21.3 Å². The zero-order valence-electron chi connectivity index (χ0n) is 56.6. The molecule has 0 amide bonds. The van der Waals surface area contributed by atoms with Crippen molar-refractivity contribution in [3.05, 3.63) is 131 Å². The van der Waals surface area contributed by atoms with Crippen molar-refractivity contribution in [2.24, 2.45) is 5.92 Å². The number of rotatable bonds is 0. The third-order valence-electron chi connectivity index (χ3n) is 22.0. The fourth-order valence-electron chi connectivity index (χ4n) is 17.3. The molecule has 0 saturated heterocycles. The molecule has 16 atom stereocenters. The third kappa shape index (κ3) is 27.8. The minimum Gasteiger partial charge on any atom is -0.662 e. The van der Waals surface area contributed by atoms with Gasteiger partial charge in [0.2, 0.25) is 0 Å². The number of fused-ring (bicyclic) bond motifs is 10. The first-order chi connectivity index (χ1) is 46.7. The number of aromatic nitrogens is 3. The second-order valence-electron chi connectivity index (χ2n) is 28.3. The van der Waals surface area contributed by atoms with Crippen LogP contribution in [-0.4, -0.2) is 121 Å². The molecule has 3 aliphatic heterocycles. The minimum absolute atomic E-state index is 0. The summed E-state index contributed by atoms with van der Waals surface area (Å²) >= 11 is 0.0208. The van der Waals surface area contributed by atoms with Gasteiger partial charge in [-0.25, -0.2) is 0 Å². The van der Waals surface area contributed by atoms with Crippen molar-refractivity contribution in [3.8, 4) is 0 Å². The Hall–Kier alpha value is 0.308. The maximum atomic E-state index is 5.47. The van der Waals surface area contributed by atoms with E-state index in [9.17, 15) is 0 Å². The van der Waals surface area contributed by atoms with Gasteiger partial charge in [-0.2, -0.15) is 74.4 Å². The van der Waals surface area contributed by atoms with Gasteiger partial charge in [-0.1, -0.05) is 227 Å². The smallest absolute Gasteiger partial charge is 0.0545 e. The average Bonchev–Trinajstić information content (AvgIpc) is 0.865. The molecule has 6 heterocycles. The summed E-state index contributed by atoms with van der Waals surface area (Å²) in [5.41, 5.74) is 10.2. The SMILES string of the molecule is C.C.C.C[C@@H]1[CH-][C@@H]2CCCC[C@H]2[N-]CC[N-][C@@H]2CCCC[C@H]2[N-][C@@H](C)c2cccc1n2.[Cl][Mn][Cl].[Cl][Mn][Cl].[Cl][Mn][Cl].c1c2c3nc4c1CCCC4[N-][C@@H]1CCCC[C@H]1[N-]CC[N-]C1CCCC[C@H]1[N-]C3CCC2.c1cc2nc(c1)CN[C@@H]1CCCCC1NCCNC1CCCC[C@H]1NC2. The zero-order valence-corrected chi connectivity index (χ0v) is 64.7. The number of nitrogens with one attached hydrogen (secondary N) is 4. The Morgan fingerprint density at radius 2 is 0.765 bits per heavy atom. The Morgan fingerprint density at radius 3 is 1.22 bits per heavy atom. The molecule has 3 aromatic heterocycles. The molecule has 6 saturated carbocycles. The minimum atomic E-state index is 0. The van der Waals surface area contributed by atoms with E-state index in [1.807, 2.05) is 0 Å². The summed E-state index contributed by atoms with van der Waals surface area (Å²) in [6.45, 7) is 11.9. The molecule has 14 rings (SSSR count). The summed E-state index contributed by atoms with van der Waals surface area (Å²) < 4.78 is 0. The van der Waals surface area contributed by atoms with Crippen molar-refractivity contribution in [1.29, 1.82) is 0 Å². The van der Waals surface area contributed by atoms with E-state index in [2.05, 4.69) is 84.0 Å². The Labute approximate surface area is 639 Å². The van der Waals surface area contributed by atoms with Crippen molar-refractivity contribution in [2.45, 2.75) is 332 Å². The third-order valence-corrected chi connectivity index (χ3v) is 22.0. The topological polar surface area (TPSA) is 185 Å².